The molecule has 2 rings (SSSR count). The van der Waals surface area contributed by atoms with E-state index in [2.05, 4.69) is 15.0 Å². The van der Waals surface area contributed by atoms with Gasteiger partial charge in [-0.1, -0.05) is 13.8 Å². The smallest absolute Gasteiger partial charge is 0.356 e. The average Bonchev–Trinajstić information content (AvgIpc) is 2.63. The third-order valence-corrected chi connectivity index (χ3v) is 1.70. The molecule has 2 aromatic heterocycles. The predicted octanol–water partition coefficient (Wildman–Crippen LogP) is 1.09. The van der Waals surface area contributed by atoms with E-state index in [1.807, 2.05) is 13.8 Å². The number of aromatic nitrogens is 4. The van der Waals surface area contributed by atoms with Gasteiger partial charge in [0, 0.05) is 7.05 Å². The molecular formula is C9H12N4O2. The summed E-state index contributed by atoms with van der Waals surface area (Å²) in [6.45, 7) is 4.00. The second kappa shape index (κ2) is 4.50. The molecule has 0 aliphatic rings. The van der Waals surface area contributed by atoms with Crippen LogP contribution in [-0.2, 0) is 7.05 Å². The minimum absolute atomic E-state index is 0.0643. The van der Waals surface area contributed by atoms with Crippen molar-refractivity contribution in [3.63, 3.8) is 0 Å². The summed E-state index contributed by atoms with van der Waals surface area (Å²) in [5, 5.41) is 8.75. The molecule has 15 heavy (non-hydrogen) atoms. The highest BCUT2D eigenvalue weighted by atomic mass is 16.4. The van der Waals surface area contributed by atoms with Crippen LogP contribution in [0.1, 0.15) is 24.3 Å². The molecule has 0 amide bonds. The van der Waals surface area contributed by atoms with Crippen LogP contribution < -0.4 is 0 Å². The van der Waals surface area contributed by atoms with Crippen LogP contribution >= 0.6 is 0 Å². The molecule has 2 aromatic rings. The molecule has 6 nitrogen and oxygen atoms in total. The summed E-state index contributed by atoms with van der Waals surface area (Å²) >= 11 is 0. The van der Waals surface area contributed by atoms with E-state index in [-0.39, 0.29) is 5.69 Å². The molecular weight excluding hydrogens is 196 g/mol. The van der Waals surface area contributed by atoms with Gasteiger partial charge in [0.15, 0.2) is 11.3 Å². The average molecular weight is 208 g/mol. The fraction of sp³-hybridized carbons (Fsp3) is 0.333. The van der Waals surface area contributed by atoms with Gasteiger partial charge in [0.1, 0.15) is 11.8 Å². The van der Waals surface area contributed by atoms with E-state index in [1.54, 1.807) is 11.6 Å². The van der Waals surface area contributed by atoms with Crippen molar-refractivity contribution in [1.29, 1.82) is 0 Å². The zero-order valence-electron chi connectivity index (χ0n) is 8.80. The zero-order chi connectivity index (χ0) is 11.4. The molecule has 1 N–H and O–H groups in total. The first kappa shape index (κ1) is 11.1. The van der Waals surface area contributed by atoms with Crippen molar-refractivity contribution in [2.45, 2.75) is 13.8 Å². The Hall–Kier alpha value is -1.98. The van der Waals surface area contributed by atoms with Crippen molar-refractivity contribution >= 4 is 17.1 Å². The van der Waals surface area contributed by atoms with E-state index in [9.17, 15) is 4.79 Å². The number of hydrogen-bond donors (Lipinski definition) is 1. The van der Waals surface area contributed by atoms with Crippen LogP contribution in [0.4, 0.5) is 0 Å². The maximum absolute atomic E-state index is 10.7. The van der Waals surface area contributed by atoms with Crippen molar-refractivity contribution in [1.82, 2.24) is 19.5 Å². The Bertz CT molecular complexity index is 478. The Morgan fingerprint density at radius 1 is 1.33 bits per heavy atom. The van der Waals surface area contributed by atoms with E-state index in [0.717, 1.165) is 0 Å². The van der Waals surface area contributed by atoms with Gasteiger partial charge in [0.2, 0.25) is 0 Å². The molecule has 0 bridgehead atoms. The molecule has 0 fully saturated rings. The second-order valence-corrected chi connectivity index (χ2v) is 2.56. The molecule has 0 aliphatic carbocycles. The minimum atomic E-state index is -1.09. The van der Waals surface area contributed by atoms with Crippen LogP contribution in [0.2, 0.25) is 0 Å². The number of carboxylic acids is 1. The summed E-state index contributed by atoms with van der Waals surface area (Å²) in [4.78, 5) is 22.1. The first-order valence-corrected chi connectivity index (χ1v) is 4.55. The number of fused-ring (bicyclic) bond motifs is 1. The number of rotatable bonds is 1. The summed E-state index contributed by atoms with van der Waals surface area (Å²) in [6.07, 6.45) is 2.72. The highest BCUT2D eigenvalue weighted by molar-refractivity contribution is 5.97. The molecule has 2 heterocycles. The topological polar surface area (TPSA) is 80.9 Å². The third kappa shape index (κ3) is 1.93. The van der Waals surface area contributed by atoms with E-state index in [1.165, 1.54) is 12.7 Å². The number of aryl methyl sites for hydroxylation is 1. The molecule has 0 atom stereocenters. The zero-order valence-corrected chi connectivity index (χ0v) is 8.80. The molecule has 0 saturated carbocycles. The largest absolute Gasteiger partial charge is 0.476 e. The van der Waals surface area contributed by atoms with E-state index in [4.69, 9.17) is 5.11 Å². The Labute approximate surface area is 86.6 Å². The lowest BCUT2D eigenvalue weighted by atomic mass is 10.3. The van der Waals surface area contributed by atoms with Crippen molar-refractivity contribution in [3.8, 4) is 0 Å². The number of aromatic carboxylic acids is 1. The number of nitrogens with zero attached hydrogens (tertiary/aromatic N) is 4. The fourth-order valence-corrected chi connectivity index (χ4v) is 1.10. The summed E-state index contributed by atoms with van der Waals surface area (Å²) in [5.74, 6) is -1.09. The molecule has 0 aliphatic heterocycles. The predicted molar refractivity (Wildman–Crippen MR) is 54.6 cm³/mol. The first-order valence-electron chi connectivity index (χ1n) is 4.55. The lowest BCUT2D eigenvalue weighted by Crippen LogP contribution is -2.02. The van der Waals surface area contributed by atoms with Gasteiger partial charge in [-0.2, -0.15) is 0 Å². The highest BCUT2D eigenvalue weighted by Crippen LogP contribution is 2.10. The van der Waals surface area contributed by atoms with Crippen LogP contribution in [0.15, 0.2) is 12.7 Å². The van der Waals surface area contributed by atoms with Crippen molar-refractivity contribution in [2.75, 3.05) is 0 Å². The number of carbonyl (C=O) groups is 1. The van der Waals surface area contributed by atoms with Crippen LogP contribution in [0, 0.1) is 0 Å². The SMILES string of the molecule is CC.Cn1cnc2c(C(=O)O)ncnc21. The second-order valence-electron chi connectivity index (χ2n) is 2.56. The van der Waals surface area contributed by atoms with E-state index < -0.39 is 5.97 Å². The van der Waals surface area contributed by atoms with Crippen LogP contribution in [0.3, 0.4) is 0 Å². The lowest BCUT2D eigenvalue weighted by Gasteiger charge is -1.94. The van der Waals surface area contributed by atoms with Crippen molar-refractivity contribution in [3.05, 3.63) is 18.3 Å². The van der Waals surface area contributed by atoms with Gasteiger partial charge in [0.05, 0.1) is 6.33 Å². The Morgan fingerprint density at radius 3 is 2.60 bits per heavy atom. The Kier molecular flexibility index (Phi) is 3.33. The van der Waals surface area contributed by atoms with Crippen LogP contribution in [0.5, 0.6) is 0 Å². The third-order valence-electron chi connectivity index (χ3n) is 1.70. The quantitative estimate of drug-likeness (QED) is 0.758. The van der Waals surface area contributed by atoms with Gasteiger partial charge in [0.25, 0.3) is 0 Å². The summed E-state index contributed by atoms with van der Waals surface area (Å²) in [7, 11) is 1.74. The van der Waals surface area contributed by atoms with E-state index in [0.29, 0.717) is 11.2 Å². The number of hydrogen-bond acceptors (Lipinski definition) is 4. The van der Waals surface area contributed by atoms with Gasteiger partial charge in [-0.15, -0.1) is 0 Å². The first-order chi connectivity index (χ1) is 7.20. The van der Waals surface area contributed by atoms with Gasteiger partial charge in [-0.25, -0.2) is 19.7 Å². The lowest BCUT2D eigenvalue weighted by molar-refractivity contribution is 0.0692. The maximum atomic E-state index is 10.7. The van der Waals surface area contributed by atoms with Crippen molar-refractivity contribution < 1.29 is 9.90 Å². The van der Waals surface area contributed by atoms with Crippen LogP contribution in [0.25, 0.3) is 11.2 Å². The summed E-state index contributed by atoms with van der Waals surface area (Å²) < 4.78 is 1.64. The Balaban J connectivity index is 0.000000531. The van der Waals surface area contributed by atoms with Gasteiger partial charge >= 0.3 is 5.97 Å². The van der Waals surface area contributed by atoms with Gasteiger partial charge < -0.3 is 9.67 Å². The molecule has 0 spiro atoms. The molecule has 0 aromatic carbocycles. The van der Waals surface area contributed by atoms with Crippen molar-refractivity contribution in [2.24, 2.45) is 7.05 Å². The molecule has 0 unspecified atom stereocenters. The molecule has 0 saturated heterocycles. The number of imidazole rings is 1. The minimum Gasteiger partial charge on any atom is -0.476 e. The van der Waals surface area contributed by atoms with Crippen LogP contribution in [-0.4, -0.2) is 30.6 Å². The highest BCUT2D eigenvalue weighted by Gasteiger charge is 2.13. The van der Waals surface area contributed by atoms with E-state index >= 15 is 0 Å². The summed E-state index contributed by atoms with van der Waals surface area (Å²) in [6, 6.07) is 0. The van der Waals surface area contributed by atoms with Gasteiger partial charge in [-0.05, 0) is 0 Å². The normalized spacial score (nSPS) is 9.53. The maximum Gasteiger partial charge on any atom is 0.356 e. The standard InChI is InChI=1S/C7H6N4O2.C2H6/c1-11-3-10-4-5(7(12)13)8-2-9-6(4)11;1-2/h2-3H,1H3,(H,12,13);1-2H3. The fourth-order valence-electron chi connectivity index (χ4n) is 1.10. The molecule has 6 heteroatoms. The summed E-state index contributed by atoms with van der Waals surface area (Å²) in [5.41, 5.74) is 0.774. The Morgan fingerprint density at radius 2 is 2.00 bits per heavy atom. The molecule has 0 radical (unpaired) electrons. The number of carboxylic acid groups (broad SMARTS) is 1. The van der Waals surface area contributed by atoms with Gasteiger partial charge in [-0.3, -0.25) is 0 Å². The molecule has 80 valence electrons. The monoisotopic (exact) mass is 208 g/mol.